The number of hydrogen-bond donors (Lipinski definition) is 1. The zero-order chi connectivity index (χ0) is 11.2. The second kappa shape index (κ2) is 5.68. The first kappa shape index (κ1) is 11.2. The predicted octanol–water partition coefficient (Wildman–Crippen LogP) is 1.50. The van der Waals surface area contributed by atoms with Gasteiger partial charge in [-0.25, -0.2) is 0 Å². The molecule has 0 spiro atoms. The van der Waals surface area contributed by atoms with E-state index in [0.717, 1.165) is 26.3 Å². The van der Waals surface area contributed by atoms with E-state index in [1.54, 1.807) is 0 Å². The van der Waals surface area contributed by atoms with Crippen molar-refractivity contribution in [1.29, 1.82) is 0 Å². The Balaban J connectivity index is 2.11. The summed E-state index contributed by atoms with van der Waals surface area (Å²) in [5.41, 5.74) is 7.91. The van der Waals surface area contributed by atoms with Gasteiger partial charge in [0.2, 0.25) is 0 Å². The lowest BCUT2D eigenvalue weighted by Gasteiger charge is -2.29. The van der Waals surface area contributed by atoms with Crippen molar-refractivity contribution in [2.24, 2.45) is 5.73 Å². The van der Waals surface area contributed by atoms with Crippen LogP contribution in [0.4, 0.5) is 5.69 Å². The van der Waals surface area contributed by atoms with Crippen LogP contribution in [0.5, 0.6) is 0 Å². The van der Waals surface area contributed by atoms with Crippen molar-refractivity contribution in [2.45, 2.75) is 0 Å². The van der Waals surface area contributed by atoms with Gasteiger partial charge in [-0.3, -0.25) is 0 Å². The van der Waals surface area contributed by atoms with Gasteiger partial charge in [-0.15, -0.1) is 0 Å². The third-order valence-corrected chi connectivity index (χ3v) is 2.69. The zero-order valence-electron chi connectivity index (χ0n) is 9.43. The summed E-state index contributed by atoms with van der Waals surface area (Å²) >= 11 is 0. The number of ether oxygens (including phenoxy) is 1. The van der Waals surface area contributed by atoms with Crippen LogP contribution in [-0.2, 0) is 4.74 Å². The molecule has 2 N–H and O–H groups in total. The smallest absolute Gasteiger partial charge is 0.0642 e. The highest BCUT2D eigenvalue weighted by molar-refractivity contribution is 5.58. The Kier molecular flexibility index (Phi) is 3.97. The van der Waals surface area contributed by atoms with Crippen molar-refractivity contribution in [3.05, 3.63) is 35.9 Å². The molecule has 0 atom stereocenters. The quantitative estimate of drug-likeness (QED) is 0.835. The number of rotatable bonds is 3. The van der Waals surface area contributed by atoms with Gasteiger partial charge in [0.05, 0.1) is 13.2 Å². The lowest BCUT2D eigenvalue weighted by atomic mass is 10.1. The zero-order valence-corrected chi connectivity index (χ0v) is 9.43. The summed E-state index contributed by atoms with van der Waals surface area (Å²) in [7, 11) is 0. The van der Waals surface area contributed by atoms with Gasteiger partial charge in [-0.1, -0.05) is 24.3 Å². The van der Waals surface area contributed by atoms with E-state index in [9.17, 15) is 0 Å². The molecule has 1 aromatic rings. The van der Waals surface area contributed by atoms with Gasteiger partial charge in [-0.2, -0.15) is 0 Å². The normalized spacial score (nSPS) is 16.9. The van der Waals surface area contributed by atoms with Crippen LogP contribution in [0.3, 0.4) is 0 Å². The monoisotopic (exact) mass is 218 g/mol. The predicted molar refractivity (Wildman–Crippen MR) is 67.6 cm³/mol. The maximum absolute atomic E-state index is 5.44. The molecule has 0 unspecified atom stereocenters. The average molecular weight is 218 g/mol. The summed E-state index contributed by atoms with van der Waals surface area (Å²) in [5, 5.41) is 0. The van der Waals surface area contributed by atoms with E-state index in [4.69, 9.17) is 10.5 Å². The minimum absolute atomic E-state index is 0.585. The van der Waals surface area contributed by atoms with Gasteiger partial charge in [0.15, 0.2) is 0 Å². The second-order valence-electron chi connectivity index (χ2n) is 3.83. The summed E-state index contributed by atoms with van der Waals surface area (Å²) in [6, 6.07) is 8.51. The number of morpholine rings is 1. The van der Waals surface area contributed by atoms with Crippen LogP contribution in [0.2, 0.25) is 0 Å². The highest BCUT2D eigenvalue weighted by Gasteiger charge is 2.10. The molecule has 1 aliphatic rings. The van der Waals surface area contributed by atoms with E-state index in [-0.39, 0.29) is 0 Å². The van der Waals surface area contributed by atoms with Gasteiger partial charge in [-0.05, 0) is 17.7 Å². The molecule has 86 valence electrons. The first-order valence-electron chi connectivity index (χ1n) is 5.69. The highest BCUT2D eigenvalue weighted by atomic mass is 16.5. The molecule has 16 heavy (non-hydrogen) atoms. The highest BCUT2D eigenvalue weighted by Crippen LogP contribution is 2.18. The van der Waals surface area contributed by atoms with Crippen molar-refractivity contribution in [3.63, 3.8) is 0 Å². The van der Waals surface area contributed by atoms with Crippen molar-refractivity contribution in [3.8, 4) is 0 Å². The van der Waals surface area contributed by atoms with Gasteiger partial charge >= 0.3 is 0 Å². The molecule has 3 heteroatoms. The van der Waals surface area contributed by atoms with Crippen molar-refractivity contribution < 1.29 is 4.74 Å². The Morgan fingerprint density at radius 2 is 2.12 bits per heavy atom. The van der Waals surface area contributed by atoms with E-state index in [1.165, 1.54) is 11.3 Å². The molecule has 1 aromatic carbocycles. The summed E-state index contributed by atoms with van der Waals surface area (Å²) in [5.74, 6) is 0. The molecule has 1 fully saturated rings. The Labute approximate surface area is 96.5 Å². The van der Waals surface area contributed by atoms with Crippen molar-refractivity contribution >= 4 is 11.8 Å². The number of nitrogens with two attached hydrogens (primary N) is 1. The molecule has 0 aromatic heterocycles. The fraction of sp³-hybridized carbons (Fsp3) is 0.385. The molecular formula is C13H18N2O. The minimum Gasteiger partial charge on any atom is -0.378 e. The topological polar surface area (TPSA) is 38.5 Å². The molecule has 0 radical (unpaired) electrons. The van der Waals surface area contributed by atoms with E-state index >= 15 is 0 Å². The number of nitrogens with zero attached hydrogens (tertiary/aromatic N) is 1. The minimum atomic E-state index is 0.585. The molecule has 0 aliphatic carbocycles. The van der Waals surface area contributed by atoms with E-state index in [1.807, 2.05) is 6.08 Å². The largest absolute Gasteiger partial charge is 0.378 e. The molecule has 2 rings (SSSR count). The summed E-state index contributed by atoms with van der Waals surface area (Å²) in [6.07, 6.45) is 4.03. The summed E-state index contributed by atoms with van der Waals surface area (Å²) in [4.78, 5) is 2.35. The number of benzene rings is 1. The maximum atomic E-state index is 5.44. The standard InChI is InChI=1S/C13H18N2O/c14-6-2-4-12-3-1-5-13(11-12)15-7-9-16-10-8-15/h1-5,11H,6-10,14H2. The third-order valence-electron chi connectivity index (χ3n) is 2.69. The Hall–Kier alpha value is -1.32. The van der Waals surface area contributed by atoms with Crippen LogP contribution in [0.1, 0.15) is 5.56 Å². The molecule has 3 nitrogen and oxygen atoms in total. The molecule has 0 saturated carbocycles. The van der Waals surface area contributed by atoms with Crippen LogP contribution >= 0.6 is 0 Å². The fourth-order valence-corrected chi connectivity index (χ4v) is 1.85. The van der Waals surface area contributed by atoms with Gasteiger partial charge in [0.1, 0.15) is 0 Å². The lowest BCUT2D eigenvalue weighted by Crippen LogP contribution is -2.36. The van der Waals surface area contributed by atoms with E-state index < -0.39 is 0 Å². The van der Waals surface area contributed by atoms with Crippen molar-refractivity contribution in [1.82, 2.24) is 0 Å². The molecule has 1 saturated heterocycles. The summed E-state index contributed by atoms with van der Waals surface area (Å²) < 4.78 is 5.34. The number of hydrogen-bond acceptors (Lipinski definition) is 3. The Morgan fingerprint density at radius 1 is 1.31 bits per heavy atom. The molecule has 0 amide bonds. The maximum Gasteiger partial charge on any atom is 0.0642 e. The van der Waals surface area contributed by atoms with Gasteiger partial charge < -0.3 is 15.4 Å². The van der Waals surface area contributed by atoms with Crippen molar-refractivity contribution in [2.75, 3.05) is 37.7 Å². The first-order valence-corrected chi connectivity index (χ1v) is 5.69. The van der Waals surface area contributed by atoms with E-state index in [2.05, 4.69) is 35.2 Å². The van der Waals surface area contributed by atoms with Crippen LogP contribution in [-0.4, -0.2) is 32.8 Å². The van der Waals surface area contributed by atoms with Crippen LogP contribution < -0.4 is 10.6 Å². The number of anilines is 1. The fourth-order valence-electron chi connectivity index (χ4n) is 1.85. The van der Waals surface area contributed by atoms with Crippen LogP contribution in [0, 0.1) is 0 Å². The van der Waals surface area contributed by atoms with Crippen LogP contribution in [0.25, 0.3) is 6.08 Å². The van der Waals surface area contributed by atoms with Gasteiger partial charge in [0.25, 0.3) is 0 Å². The molecular weight excluding hydrogens is 200 g/mol. The van der Waals surface area contributed by atoms with E-state index in [0.29, 0.717) is 6.54 Å². The Morgan fingerprint density at radius 3 is 2.88 bits per heavy atom. The summed E-state index contributed by atoms with van der Waals surface area (Å²) in [6.45, 7) is 4.18. The third kappa shape index (κ3) is 2.84. The Bertz CT molecular complexity index is 357. The SMILES string of the molecule is NCC=Cc1cccc(N2CCOCC2)c1. The van der Waals surface area contributed by atoms with Crippen LogP contribution in [0.15, 0.2) is 30.3 Å². The first-order chi connectivity index (χ1) is 7.90. The molecule has 1 heterocycles. The molecule has 0 bridgehead atoms. The lowest BCUT2D eigenvalue weighted by molar-refractivity contribution is 0.122. The van der Waals surface area contributed by atoms with Gasteiger partial charge in [0, 0.05) is 25.3 Å². The second-order valence-corrected chi connectivity index (χ2v) is 3.83. The molecule has 1 aliphatic heterocycles. The average Bonchev–Trinajstić information content (AvgIpc) is 2.38.